The number of hydrogen-bond donors (Lipinski definition) is 1. The molecular weight excluding hydrogens is 190 g/mol. The van der Waals surface area contributed by atoms with Gasteiger partial charge in [-0.1, -0.05) is 0 Å². The number of carbonyl (C=O) groups is 1. The van der Waals surface area contributed by atoms with E-state index in [9.17, 15) is 14.4 Å². The molecule has 7 heteroatoms. The second-order valence-electron chi connectivity index (χ2n) is 2.59. The van der Waals surface area contributed by atoms with Crippen LogP contribution in [0.4, 0.5) is 0 Å². The molecule has 0 spiro atoms. The van der Waals surface area contributed by atoms with Gasteiger partial charge in [0, 0.05) is 6.92 Å². The number of nitrogens with zero attached hydrogens (tertiary/aromatic N) is 2. The monoisotopic (exact) mass is 199 g/mol. The van der Waals surface area contributed by atoms with Gasteiger partial charge in [-0.15, -0.1) is 0 Å². The van der Waals surface area contributed by atoms with Crippen molar-refractivity contribution in [2.75, 3.05) is 0 Å². The molecule has 1 aromatic rings. The van der Waals surface area contributed by atoms with Crippen LogP contribution in [0.15, 0.2) is 15.8 Å². The molecule has 7 nitrogen and oxygen atoms in total. The van der Waals surface area contributed by atoms with E-state index >= 15 is 0 Å². The van der Waals surface area contributed by atoms with Gasteiger partial charge in [-0.05, 0) is 6.92 Å². The third-order valence-corrected chi connectivity index (χ3v) is 1.42. The van der Waals surface area contributed by atoms with Crippen molar-refractivity contribution >= 4 is 5.97 Å². The lowest BCUT2D eigenvalue weighted by Crippen LogP contribution is -2.34. The fraction of sp³-hybridized carbons (Fsp3) is 0.429. The zero-order valence-corrected chi connectivity index (χ0v) is 7.68. The second kappa shape index (κ2) is 3.86. The van der Waals surface area contributed by atoms with Crippen molar-refractivity contribution < 1.29 is 9.53 Å². The molecule has 0 saturated carbocycles. The summed E-state index contributed by atoms with van der Waals surface area (Å²) in [4.78, 5) is 34.3. The lowest BCUT2D eigenvalue weighted by Gasteiger charge is -2.11. The SMILES string of the molecule is CC(=O)OC(C)n1ncc(=O)[nH]c1=O. The average Bonchev–Trinajstić information content (AvgIpc) is 2.01. The summed E-state index contributed by atoms with van der Waals surface area (Å²) in [5, 5.41) is 3.51. The summed E-state index contributed by atoms with van der Waals surface area (Å²) < 4.78 is 5.56. The number of hydrogen-bond acceptors (Lipinski definition) is 5. The van der Waals surface area contributed by atoms with Gasteiger partial charge in [0.25, 0.3) is 5.56 Å². The molecule has 0 fully saturated rings. The first-order valence-electron chi connectivity index (χ1n) is 3.86. The minimum Gasteiger partial charge on any atom is -0.440 e. The highest BCUT2D eigenvalue weighted by Crippen LogP contribution is 2.00. The summed E-state index contributed by atoms with van der Waals surface area (Å²) >= 11 is 0. The van der Waals surface area contributed by atoms with Crippen LogP contribution in [0.25, 0.3) is 0 Å². The second-order valence-corrected chi connectivity index (χ2v) is 2.59. The minimum atomic E-state index is -0.836. The predicted octanol–water partition coefficient (Wildman–Crippen LogP) is -0.987. The maximum Gasteiger partial charge on any atom is 0.348 e. The minimum absolute atomic E-state index is 0.530. The van der Waals surface area contributed by atoms with Crippen molar-refractivity contribution in [1.82, 2.24) is 14.8 Å². The molecule has 1 heterocycles. The summed E-state index contributed by atoms with van der Waals surface area (Å²) in [5.74, 6) is -0.530. The smallest absolute Gasteiger partial charge is 0.348 e. The molecule has 1 atom stereocenters. The van der Waals surface area contributed by atoms with Crippen molar-refractivity contribution in [3.63, 3.8) is 0 Å². The molecule has 0 saturated heterocycles. The normalized spacial score (nSPS) is 12.1. The lowest BCUT2D eigenvalue weighted by molar-refractivity contribution is -0.150. The number of nitrogens with one attached hydrogen (secondary N) is 1. The first-order valence-corrected chi connectivity index (χ1v) is 3.86. The zero-order chi connectivity index (χ0) is 10.7. The number of esters is 1. The van der Waals surface area contributed by atoms with Crippen LogP contribution >= 0.6 is 0 Å². The molecule has 1 N–H and O–H groups in total. The van der Waals surface area contributed by atoms with Gasteiger partial charge >= 0.3 is 11.7 Å². The molecule has 1 unspecified atom stereocenters. The van der Waals surface area contributed by atoms with Crippen LogP contribution in [0.5, 0.6) is 0 Å². The summed E-state index contributed by atoms with van der Waals surface area (Å²) in [5.41, 5.74) is -1.31. The van der Waals surface area contributed by atoms with E-state index in [1.54, 1.807) is 0 Å². The Morgan fingerprint density at radius 1 is 1.64 bits per heavy atom. The Bertz CT molecular complexity index is 447. The fourth-order valence-corrected chi connectivity index (χ4v) is 0.911. The van der Waals surface area contributed by atoms with E-state index in [2.05, 4.69) is 5.10 Å². The summed E-state index contributed by atoms with van der Waals surface area (Å²) in [6.07, 6.45) is 0.0957. The standard InChI is InChI=1S/C7H9N3O4/c1-4(14-5(2)11)10-7(13)9-6(12)3-8-10/h3-4H,1-2H3,(H,9,12,13). The first-order chi connectivity index (χ1) is 6.50. The number of ether oxygens (including phenoxy) is 1. The van der Waals surface area contributed by atoms with Gasteiger partial charge in [0.15, 0.2) is 6.23 Å². The molecule has 0 aliphatic carbocycles. The summed E-state index contributed by atoms with van der Waals surface area (Å²) in [7, 11) is 0. The van der Waals surface area contributed by atoms with Crippen molar-refractivity contribution in [3.8, 4) is 0 Å². The maximum atomic E-state index is 11.1. The van der Waals surface area contributed by atoms with Crippen LogP contribution in [0.2, 0.25) is 0 Å². The molecule has 0 bridgehead atoms. The van der Waals surface area contributed by atoms with E-state index in [0.29, 0.717) is 0 Å². The van der Waals surface area contributed by atoms with E-state index in [1.807, 2.05) is 4.98 Å². The van der Waals surface area contributed by atoms with Gasteiger partial charge in [0.05, 0.1) is 0 Å². The molecule has 14 heavy (non-hydrogen) atoms. The Morgan fingerprint density at radius 2 is 2.29 bits per heavy atom. The van der Waals surface area contributed by atoms with Gasteiger partial charge in [-0.25, -0.2) is 4.79 Å². The third-order valence-electron chi connectivity index (χ3n) is 1.42. The van der Waals surface area contributed by atoms with Crippen molar-refractivity contribution in [1.29, 1.82) is 0 Å². The molecule has 1 rings (SSSR count). The van der Waals surface area contributed by atoms with Gasteiger partial charge in [0.2, 0.25) is 0 Å². The number of H-pyrrole nitrogens is 1. The largest absolute Gasteiger partial charge is 0.440 e. The maximum absolute atomic E-state index is 11.1. The molecule has 0 aliphatic rings. The number of carbonyl (C=O) groups excluding carboxylic acids is 1. The van der Waals surface area contributed by atoms with Crippen LogP contribution in [0.3, 0.4) is 0 Å². The van der Waals surface area contributed by atoms with E-state index in [4.69, 9.17) is 4.74 Å². The first kappa shape index (κ1) is 10.2. The Balaban J connectivity index is 3.02. The molecule has 76 valence electrons. The Labute approximate surface area is 78.3 Å². The molecule has 0 radical (unpaired) electrons. The van der Waals surface area contributed by atoms with Crippen LogP contribution in [-0.2, 0) is 9.53 Å². The van der Waals surface area contributed by atoms with Crippen LogP contribution in [-0.4, -0.2) is 20.7 Å². The van der Waals surface area contributed by atoms with E-state index in [0.717, 1.165) is 10.9 Å². The van der Waals surface area contributed by atoms with Gasteiger partial charge < -0.3 is 4.74 Å². The average molecular weight is 199 g/mol. The Morgan fingerprint density at radius 3 is 2.79 bits per heavy atom. The highest BCUT2D eigenvalue weighted by Gasteiger charge is 2.10. The lowest BCUT2D eigenvalue weighted by atomic mass is 10.6. The van der Waals surface area contributed by atoms with E-state index < -0.39 is 23.4 Å². The summed E-state index contributed by atoms with van der Waals surface area (Å²) in [6, 6.07) is 0. The Kier molecular flexibility index (Phi) is 2.80. The number of aromatic nitrogens is 3. The highest BCUT2D eigenvalue weighted by molar-refractivity contribution is 5.65. The molecule has 0 aliphatic heterocycles. The van der Waals surface area contributed by atoms with Crippen LogP contribution in [0.1, 0.15) is 20.1 Å². The molecule has 1 aromatic heterocycles. The Hall–Kier alpha value is -1.92. The number of rotatable bonds is 2. The molecular formula is C7H9N3O4. The quantitative estimate of drug-likeness (QED) is 0.617. The van der Waals surface area contributed by atoms with Gasteiger partial charge in [-0.2, -0.15) is 9.78 Å². The van der Waals surface area contributed by atoms with Crippen molar-refractivity contribution in [2.24, 2.45) is 0 Å². The highest BCUT2D eigenvalue weighted by atomic mass is 16.6. The topological polar surface area (TPSA) is 94.1 Å². The summed E-state index contributed by atoms with van der Waals surface area (Å²) in [6.45, 7) is 2.68. The van der Waals surface area contributed by atoms with Crippen molar-refractivity contribution in [2.45, 2.75) is 20.1 Å². The van der Waals surface area contributed by atoms with Crippen molar-refractivity contribution in [3.05, 3.63) is 27.0 Å². The van der Waals surface area contributed by atoms with Gasteiger partial charge in [0.1, 0.15) is 6.20 Å². The number of aromatic amines is 1. The van der Waals surface area contributed by atoms with E-state index in [1.165, 1.54) is 13.8 Å². The van der Waals surface area contributed by atoms with E-state index in [-0.39, 0.29) is 0 Å². The van der Waals surface area contributed by atoms with Crippen LogP contribution < -0.4 is 11.2 Å². The van der Waals surface area contributed by atoms with Crippen LogP contribution in [0, 0.1) is 0 Å². The van der Waals surface area contributed by atoms with Gasteiger partial charge in [-0.3, -0.25) is 14.6 Å². The zero-order valence-electron chi connectivity index (χ0n) is 7.68. The molecule has 0 aromatic carbocycles. The fourth-order valence-electron chi connectivity index (χ4n) is 0.911. The predicted molar refractivity (Wildman–Crippen MR) is 45.6 cm³/mol. The third kappa shape index (κ3) is 2.28. The molecule has 0 amide bonds.